The summed E-state index contributed by atoms with van der Waals surface area (Å²) in [6.07, 6.45) is 0.218. The average Bonchev–Trinajstić information content (AvgIpc) is 3.36. The second-order valence-corrected chi connectivity index (χ2v) is 8.89. The van der Waals surface area contributed by atoms with E-state index in [0.717, 1.165) is 22.4 Å². The molecule has 0 aliphatic carbocycles. The zero-order valence-corrected chi connectivity index (χ0v) is 19.4. The number of pyridine rings is 1. The van der Waals surface area contributed by atoms with Crippen LogP contribution >= 0.6 is 11.3 Å². The lowest BCUT2D eigenvalue weighted by Crippen LogP contribution is -2.21. The molecule has 8 nitrogen and oxygen atoms in total. The van der Waals surface area contributed by atoms with Crippen molar-refractivity contribution in [1.82, 2.24) is 20.1 Å². The number of nitrogens with one attached hydrogen (secondary N) is 1. The number of hydrogen-bond donors (Lipinski definition) is 1. The highest BCUT2D eigenvalue weighted by Gasteiger charge is 2.30. The Morgan fingerprint density at radius 1 is 1.03 bits per heavy atom. The molecular weight excluding hydrogens is 450 g/mol. The summed E-state index contributed by atoms with van der Waals surface area (Å²) < 4.78 is 6.13. The van der Waals surface area contributed by atoms with Gasteiger partial charge in [0, 0.05) is 48.7 Å². The monoisotopic (exact) mass is 471 g/mol. The fourth-order valence-corrected chi connectivity index (χ4v) is 4.40. The number of rotatable bonds is 5. The predicted molar refractivity (Wildman–Crippen MR) is 129 cm³/mol. The Hall–Kier alpha value is -4.11. The van der Waals surface area contributed by atoms with Gasteiger partial charge in [-0.15, -0.1) is 10.2 Å². The third kappa shape index (κ3) is 4.25. The molecule has 1 unspecified atom stereocenters. The number of benzene rings is 2. The summed E-state index contributed by atoms with van der Waals surface area (Å²) in [5.74, 6) is 0.724. The van der Waals surface area contributed by atoms with Gasteiger partial charge in [-0.1, -0.05) is 47.7 Å². The van der Waals surface area contributed by atoms with Crippen molar-refractivity contribution >= 4 is 28.3 Å². The molecule has 2 amide bonds. The Morgan fingerprint density at radius 2 is 1.82 bits per heavy atom. The highest BCUT2D eigenvalue weighted by atomic mass is 32.1. The maximum absolute atomic E-state index is 12.8. The lowest BCUT2D eigenvalue weighted by atomic mass is 9.86. The Bertz CT molecular complexity index is 1350. The van der Waals surface area contributed by atoms with Gasteiger partial charge in [0.15, 0.2) is 0 Å². The Morgan fingerprint density at radius 3 is 2.56 bits per heavy atom. The standard InChI is InChI=1S/C25H21N5O3S/c1-30(2)24(32)16-9-7-15(8-10-16)20-12-11-18-19(13-22(31)28-25-29-26-14-34-25)17-5-3-4-6-21(17)33-23(18)27-20/h3-12,14,19H,13H2,1-2H3,(H,28,29,31). The van der Waals surface area contributed by atoms with Gasteiger partial charge in [-0.3, -0.25) is 9.59 Å². The minimum Gasteiger partial charge on any atom is -0.438 e. The zero-order chi connectivity index (χ0) is 23.7. The first-order valence-corrected chi connectivity index (χ1v) is 11.5. The van der Waals surface area contributed by atoms with Gasteiger partial charge in [-0.2, -0.15) is 0 Å². The molecule has 0 fully saturated rings. The van der Waals surface area contributed by atoms with E-state index < -0.39 is 0 Å². The molecule has 9 heteroatoms. The molecule has 1 N–H and O–H groups in total. The summed E-state index contributed by atoms with van der Waals surface area (Å²) >= 11 is 1.27. The fourth-order valence-electron chi connectivity index (χ4n) is 3.94. The summed E-state index contributed by atoms with van der Waals surface area (Å²) in [5, 5.41) is 10.9. The summed E-state index contributed by atoms with van der Waals surface area (Å²) in [5.41, 5.74) is 5.55. The smallest absolute Gasteiger partial charge is 0.253 e. The van der Waals surface area contributed by atoms with E-state index in [-0.39, 0.29) is 24.2 Å². The Balaban J connectivity index is 1.45. The summed E-state index contributed by atoms with van der Waals surface area (Å²) in [6, 6.07) is 18.9. The van der Waals surface area contributed by atoms with Crippen LogP contribution in [0.1, 0.15) is 33.8 Å². The minimum absolute atomic E-state index is 0.0560. The molecule has 170 valence electrons. The summed E-state index contributed by atoms with van der Waals surface area (Å²) in [6.45, 7) is 0. The van der Waals surface area contributed by atoms with Crippen LogP contribution in [0.25, 0.3) is 11.3 Å². The molecule has 4 aromatic rings. The fraction of sp³-hybridized carbons (Fsp3) is 0.160. The number of carbonyl (C=O) groups is 2. The molecule has 5 rings (SSSR count). The van der Waals surface area contributed by atoms with Gasteiger partial charge in [0.25, 0.3) is 5.91 Å². The first-order valence-electron chi connectivity index (χ1n) is 10.7. The van der Waals surface area contributed by atoms with Crippen LogP contribution in [0, 0.1) is 0 Å². The van der Waals surface area contributed by atoms with Crippen molar-refractivity contribution in [1.29, 1.82) is 0 Å². The van der Waals surface area contributed by atoms with Crippen molar-refractivity contribution in [2.45, 2.75) is 12.3 Å². The molecule has 3 heterocycles. The second-order valence-electron chi connectivity index (χ2n) is 8.06. The zero-order valence-electron chi connectivity index (χ0n) is 18.6. The average molecular weight is 472 g/mol. The van der Waals surface area contributed by atoms with Gasteiger partial charge < -0.3 is 15.0 Å². The van der Waals surface area contributed by atoms with E-state index in [2.05, 4.69) is 15.5 Å². The van der Waals surface area contributed by atoms with E-state index in [9.17, 15) is 9.59 Å². The number of fused-ring (bicyclic) bond motifs is 2. The van der Waals surface area contributed by atoms with Gasteiger partial charge in [-0.05, 0) is 24.3 Å². The van der Waals surface area contributed by atoms with Crippen LogP contribution < -0.4 is 10.1 Å². The molecule has 2 aromatic heterocycles. The van der Waals surface area contributed by atoms with Gasteiger partial charge in [0.2, 0.25) is 16.9 Å². The summed E-state index contributed by atoms with van der Waals surface area (Å²) in [7, 11) is 3.45. The number of aromatic nitrogens is 3. The molecule has 34 heavy (non-hydrogen) atoms. The molecule has 0 radical (unpaired) electrons. The topological polar surface area (TPSA) is 97.3 Å². The third-order valence-corrected chi connectivity index (χ3v) is 6.20. The second kappa shape index (κ2) is 9.03. The highest BCUT2D eigenvalue weighted by Crippen LogP contribution is 2.45. The lowest BCUT2D eigenvalue weighted by molar-refractivity contribution is -0.116. The van der Waals surface area contributed by atoms with Crippen LogP contribution in [-0.4, -0.2) is 46.0 Å². The van der Waals surface area contributed by atoms with E-state index >= 15 is 0 Å². The maximum atomic E-state index is 12.8. The summed E-state index contributed by atoms with van der Waals surface area (Å²) in [4.78, 5) is 31.2. The Labute approximate surface area is 200 Å². The molecule has 1 aliphatic rings. The van der Waals surface area contributed by atoms with E-state index in [1.807, 2.05) is 48.5 Å². The van der Waals surface area contributed by atoms with Gasteiger partial charge in [0.1, 0.15) is 11.3 Å². The van der Waals surface area contributed by atoms with Crippen LogP contribution in [-0.2, 0) is 4.79 Å². The van der Waals surface area contributed by atoms with Crippen LogP contribution in [0.4, 0.5) is 5.13 Å². The Kier molecular flexibility index (Phi) is 5.77. The van der Waals surface area contributed by atoms with E-state index in [1.165, 1.54) is 11.3 Å². The van der Waals surface area contributed by atoms with E-state index in [4.69, 9.17) is 9.72 Å². The molecule has 0 saturated carbocycles. The van der Waals surface area contributed by atoms with Crippen molar-refractivity contribution in [2.24, 2.45) is 0 Å². The molecule has 0 spiro atoms. The van der Waals surface area contributed by atoms with Crippen LogP contribution in [0.3, 0.4) is 0 Å². The SMILES string of the molecule is CN(C)C(=O)c1ccc(-c2ccc3c(n2)Oc2ccccc2C3CC(=O)Nc2nncs2)cc1. The predicted octanol–water partition coefficient (Wildman–Crippen LogP) is 4.57. The van der Waals surface area contributed by atoms with E-state index in [0.29, 0.717) is 22.3 Å². The molecule has 0 saturated heterocycles. The van der Waals surface area contributed by atoms with Gasteiger partial charge in [0.05, 0.1) is 5.69 Å². The van der Waals surface area contributed by atoms with Crippen molar-refractivity contribution in [3.8, 4) is 22.9 Å². The van der Waals surface area contributed by atoms with Crippen LogP contribution in [0.5, 0.6) is 11.6 Å². The molecule has 0 bridgehead atoms. The van der Waals surface area contributed by atoms with Crippen molar-refractivity contribution in [2.75, 3.05) is 19.4 Å². The van der Waals surface area contributed by atoms with Crippen molar-refractivity contribution < 1.29 is 14.3 Å². The number of carbonyl (C=O) groups excluding carboxylic acids is 2. The van der Waals surface area contributed by atoms with Crippen molar-refractivity contribution in [3.05, 3.63) is 82.9 Å². The largest absolute Gasteiger partial charge is 0.438 e. The first-order chi connectivity index (χ1) is 16.5. The molecular formula is C25H21N5O3S. The number of nitrogens with zero attached hydrogens (tertiary/aromatic N) is 4. The number of amides is 2. The first kappa shape index (κ1) is 21.7. The van der Waals surface area contributed by atoms with Gasteiger partial charge in [-0.25, -0.2) is 4.98 Å². The van der Waals surface area contributed by atoms with Gasteiger partial charge >= 0.3 is 0 Å². The highest BCUT2D eigenvalue weighted by molar-refractivity contribution is 7.13. The molecule has 1 atom stereocenters. The molecule has 1 aliphatic heterocycles. The molecule has 2 aromatic carbocycles. The van der Waals surface area contributed by atoms with Crippen LogP contribution in [0.2, 0.25) is 0 Å². The quantitative estimate of drug-likeness (QED) is 0.458. The maximum Gasteiger partial charge on any atom is 0.253 e. The van der Waals surface area contributed by atoms with Crippen LogP contribution in [0.15, 0.2) is 66.2 Å². The number of ether oxygens (including phenoxy) is 1. The van der Waals surface area contributed by atoms with E-state index in [1.54, 1.807) is 36.6 Å². The number of anilines is 1. The number of para-hydroxylation sites is 1. The minimum atomic E-state index is -0.213. The number of hydrogen-bond acceptors (Lipinski definition) is 7. The lowest BCUT2D eigenvalue weighted by Gasteiger charge is -2.27. The normalized spacial score (nSPS) is 13.9. The van der Waals surface area contributed by atoms with Crippen molar-refractivity contribution in [3.63, 3.8) is 0 Å². The third-order valence-electron chi connectivity index (χ3n) is 5.60.